The van der Waals surface area contributed by atoms with Crippen LogP contribution in [-0.4, -0.2) is 32.1 Å². The molecule has 2 aliphatic carbocycles. The van der Waals surface area contributed by atoms with Crippen molar-refractivity contribution in [3.05, 3.63) is 0 Å². The van der Waals surface area contributed by atoms with Crippen LogP contribution in [0.2, 0.25) is 0 Å². The minimum atomic E-state index is -0.732. The van der Waals surface area contributed by atoms with E-state index in [1.807, 2.05) is 27.7 Å². The lowest BCUT2D eigenvalue weighted by Crippen LogP contribution is -2.41. The Bertz CT molecular complexity index is 314. The number of hydrogen-bond acceptors (Lipinski definition) is 3. The van der Waals surface area contributed by atoms with Gasteiger partial charge in [-0.1, -0.05) is 0 Å². The Morgan fingerprint density at radius 1 is 0.944 bits per heavy atom. The van der Waals surface area contributed by atoms with Crippen molar-refractivity contribution in [2.24, 2.45) is 17.8 Å². The van der Waals surface area contributed by atoms with Gasteiger partial charge >= 0.3 is 0 Å². The van der Waals surface area contributed by atoms with Crippen molar-refractivity contribution in [1.82, 2.24) is 0 Å². The van der Waals surface area contributed by atoms with E-state index in [9.17, 15) is 15.3 Å². The summed E-state index contributed by atoms with van der Waals surface area (Å²) in [6.07, 6.45) is 4.02. The molecule has 0 amide bonds. The molecule has 2 aliphatic rings. The van der Waals surface area contributed by atoms with Crippen LogP contribution in [0.4, 0.5) is 0 Å². The molecule has 2 saturated carbocycles. The van der Waals surface area contributed by atoms with E-state index in [1.165, 1.54) is 0 Å². The zero-order valence-corrected chi connectivity index (χ0v) is 12.1. The van der Waals surface area contributed by atoms with Crippen LogP contribution in [0.25, 0.3) is 0 Å². The molecule has 5 atom stereocenters. The van der Waals surface area contributed by atoms with Crippen LogP contribution in [-0.2, 0) is 0 Å². The van der Waals surface area contributed by atoms with Crippen LogP contribution in [0.1, 0.15) is 59.8 Å². The van der Waals surface area contributed by atoms with Gasteiger partial charge in [-0.25, -0.2) is 0 Å². The summed E-state index contributed by atoms with van der Waals surface area (Å²) in [6, 6.07) is 0. The van der Waals surface area contributed by atoms with E-state index < -0.39 is 16.8 Å². The van der Waals surface area contributed by atoms with Crippen LogP contribution < -0.4 is 0 Å². The molecule has 2 fully saturated rings. The molecule has 0 saturated heterocycles. The molecule has 0 aromatic heterocycles. The van der Waals surface area contributed by atoms with E-state index >= 15 is 0 Å². The first-order chi connectivity index (χ1) is 8.04. The zero-order valence-electron chi connectivity index (χ0n) is 12.1. The summed E-state index contributed by atoms with van der Waals surface area (Å²) in [4.78, 5) is 0. The van der Waals surface area contributed by atoms with Crippen molar-refractivity contribution in [2.45, 2.75) is 76.6 Å². The van der Waals surface area contributed by atoms with E-state index in [-0.39, 0.29) is 17.8 Å². The first-order valence-electron chi connectivity index (χ1n) is 7.21. The predicted octanol–water partition coefficient (Wildman–Crippen LogP) is 2.09. The predicted molar refractivity (Wildman–Crippen MR) is 71.1 cm³/mol. The summed E-state index contributed by atoms with van der Waals surface area (Å²) in [5, 5.41) is 31.4. The third kappa shape index (κ3) is 2.45. The van der Waals surface area contributed by atoms with Gasteiger partial charge in [0.15, 0.2) is 0 Å². The molecule has 0 unspecified atom stereocenters. The maximum Gasteiger partial charge on any atom is 0.0651 e. The Kier molecular flexibility index (Phi) is 3.33. The van der Waals surface area contributed by atoms with Gasteiger partial charge in [-0.3, -0.25) is 0 Å². The fraction of sp³-hybridized carbons (Fsp3) is 1.00. The van der Waals surface area contributed by atoms with Crippen molar-refractivity contribution in [1.29, 1.82) is 0 Å². The quantitative estimate of drug-likeness (QED) is 0.673. The van der Waals surface area contributed by atoms with Gasteiger partial charge in [-0.2, -0.15) is 0 Å². The maximum atomic E-state index is 10.6. The van der Waals surface area contributed by atoms with Crippen molar-refractivity contribution in [2.75, 3.05) is 0 Å². The van der Waals surface area contributed by atoms with Crippen molar-refractivity contribution in [3.63, 3.8) is 0 Å². The average Bonchev–Trinajstić information content (AvgIpc) is 2.37. The molecule has 0 bridgehead atoms. The SMILES string of the molecule is CC(C)(O)[C@H]1CC[C@](C)(O)[C@H]2CC[C@](C)(O)[C@H]2C1. The first-order valence-corrected chi connectivity index (χ1v) is 7.21. The Balaban J connectivity index is 2.29. The Labute approximate surface area is 110 Å². The molecule has 3 nitrogen and oxygen atoms in total. The van der Waals surface area contributed by atoms with Gasteiger partial charge in [0.25, 0.3) is 0 Å². The van der Waals surface area contributed by atoms with Gasteiger partial charge in [0.2, 0.25) is 0 Å². The fourth-order valence-corrected chi connectivity index (χ4v) is 4.15. The first kappa shape index (κ1) is 14.3. The van der Waals surface area contributed by atoms with E-state index in [2.05, 4.69) is 0 Å². The van der Waals surface area contributed by atoms with Crippen molar-refractivity contribution in [3.8, 4) is 0 Å². The van der Waals surface area contributed by atoms with Crippen molar-refractivity contribution >= 4 is 0 Å². The number of fused-ring (bicyclic) bond motifs is 1. The van der Waals surface area contributed by atoms with Crippen LogP contribution in [0.15, 0.2) is 0 Å². The van der Waals surface area contributed by atoms with E-state index in [0.717, 1.165) is 32.1 Å². The molecule has 2 rings (SSSR count). The van der Waals surface area contributed by atoms with Gasteiger partial charge in [-0.15, -0.1) is 0 Å². The molecular formula is C15H28O3. The lowest BCUT2D eigenvalue weighted by atomic mass is 9.74. The van der Waals surface area contributed by atoms with E-state index in [0.29, 0.717) is 0 Å². The van der Waals surface area contributed by atoms with Gasteiger partial charge < -0.3 is 15.3 Å². The highest BCUT2D eigenvalue weighted by atomic mass is 16.3. The lowest BCUT2D eigenvalue weighted by molar-refractivity contribution is -0.0588. The highest BCUT2D eigenvalue weighted by Gasteiger charge is 2.53. The van der Waals surface area contributed by atoms with Crippen LogP contribution in [0.5, 0.6) is 0 Å². The van der Waals surface area contributed by atoms with Crippen molar-refractivity contribution < 1.29 is 15.3 Å². The summed E-state index contributed by atoms with van der Waals surface area (Å²) in [5.74, 6) is 0.426. The molecule has 18 heavy (non-hydrogen) atoms. The maximum absolute atomic E-state index is 10.6. The molecule has 0 aromatic carbocycles. The lowest BCUT2D eigenvalue weighted by Gasteiger charge is -2.36. The van der Waals surface area contributed by atoms with Gasteiger partial charge in [0, 0.05) is 0 Å². The summed E-state index contributed by atoms with van der Waals surface area (Å²) >= 11 is 0. The Hall–Kier alpha value is -0.120. The molecule has 3 N–H and O–H groups in total. The van der Waals surface area contributed by atoms with Gasteiger partial charge in [0.1, 0.15) is 0 Å². The summed E-state index contributed by atoms with van der Waals surface area (Å²) in [6.45, 7) is 7.48. The minimum Gasteiger partial charge on any atom is -0.390 e. The summed E-state index contributed by atoms with van der Waals surface area (Å²) in [7, 11) is 0. The number of hydrogen-bond donors (Lipinski definition) is 3. The monoisotopic (exact) mass is 256 g/mol. The molecule has 106 valence electrons. The topological polar surface area (TPSA) is 60.7 Å². The summed E-state index contributed by atoms with van der Waals surface area (Å²) in [5.41, 5.74) is -2.13. The zero-order chi connectivity index (χ0) is 13.8. The fourth-order valence-electron chi connectivity index (χ4n) is 4.15. The van der Waals surface area contributed by atoms with Crippen LogP contribution in [0.3, 0.4) is 0 Å². The second kappa shape index (κ2) is 4.19. The molecule has 0 aromatic rings. The molecular weight excluding hydrogens is 228 g/mol. The molecule has 0 radical (unpaired) electrons. The third-order valence-electron chi connectivity index (χ3n) is 5.58. The molecule has 0 spiro atoms. The summed E-state index contributed by atoms with van der Waals surface area (Å²) < 4.78 is 0. The highest BCUT2D eigenvalue weighted by molar-refractivity contribution is 5.04. The van der Waals surface area contributed by atoms with E-state index in [1.54, 1.807) is 0 Å². The Morgan fingerprint density at radius 2 is 1.44 bits per heavy atom. The second-order valence-corrected chi connectivity index (χ2v) is 7.59. The van der Waals surface area contributed by atoms with Gasteiger partial charge in [0.05, 0.1) is 16.8 Å². The number of aliphatic hydroxyl groups is 3. The van der Waals surface area contributed by atoms with Crippen LogP contribution >= 0.6 is 0 Å². The van der Waals surface area contributed by atoms with Crippen LogP contribution in [0, 0.1) is 17.8 Å². The standard InChI is InChI=1S/C15H28O3/c1-13(2,16)10-5-7-14(3,17)11-6-8-15(4,18)12(11)9-10/h10-12,16-18H,5-9H2,1-4H3/t10-,11-,12-,14-,15-/m0/s1. The van der Waals surface area contributed by atoms with E-state index in [4.69, 9.17) is 0 Å². The Morgan fingerprint density at radius 3 is 2.00 bits per heavy atom. The third-order valence-corrected chi connectivity index (χ3v) is 5.58. The molecule has 0 aliphatic heterocycles. The average molecular weight is 256 g/mol. The molecule has 3 heteroatoms. The molecule has 0 heterocycles. The smallest absolute Gasteiger partial charge is 0.0651 e. The second-order valence-electron chi connectivity index (χ2n) is 7.59. The normalized spacial score (nSPS) is 49.8. The number of rotatable bonds is 1. The van der Waals surface area contributed by atoms with Gasteiger partial charge in [-0.05, 0) is 77.6 Å². The minimum absolute atomic E-state index is 0.103. The largest absolute Gasteiger partial charge is 0.390 e. The highest BCUT2D eigenvalue weighted by Crippen LogP contribution is 2.53.